The summed E-state index contributed by atoms with van der Waals surface area (Å²) in [7, 11) is 0. The van der Waals surface area contributed by atoms with Gasteiger partial charge in [-0.2, -0.15) is 0 Å². The Balaban J connectivity index is 1.85. The molecular weight excluding hydrogens is 286 g/mol. The summed E-state index contributed by atoms with van der Waals surface area (Å²) in [6.45, 7) is 0.705. The lowest BCUT2D eigenvalue weighted by Crippen LogP contribution is -2.08. The molecule has 3 rings (SSSR count). The molecule has 0 aliphatic carbocycles. The number of nitrogens with one attached hydrogen (secondary N) is 1. The summed E-state index contributed by atoms with van der Waals surface area (Å²) in [5.74, 6) is -0.264. The highest BCUT2D eigenvalue weighted by atomic mass is 32.1. The summed E-state index contributed by atoms with van der Waals surface area (Å²) in [4.78, 5) is 19.7. The second-order valence-corrected chi connectivity index (χ2v) is 5.45. The zero-order valence-electron chi connectivity index (χ0n) is 11.1. The number of carbonyl (C=O) groups is 1. The van der Waals surface area contributed by atoms with E-state index in [0.29, 0.717) is 17.7 Å². The predicted octanol–water partition coefficient (Wildman–Crippen LogP) is 3.04. The SMILES string of the molecule is O=C(O)c1cnc(NCCc2nccs2)c2ccccc12. The third-order valence-electron chi connectivity index (χ3n) is 3.14. The largest absolute Gasteiger partial charge is 0.478 e. The molecule has 0 atom stereocenters. The van der Waals surface area contributed by atoms with Crippen LogP contribution < -0.4 is 5.32 Å². The molecule has 0 aliphatic rings. The first-order valence-electron chi connectivity index (χ1n) is 6.49. The number of pyridine rings is 1. The van der Waals surface area contributed by atoms with Gasteiger partial charge in [-0.05, 0) is 0 Å². The molecule has 106 valence electrons. The van der Waals surface area contributed by atoms with Gasteiger partial charge < -0.3 is 10.4 Å². The lowest BCUT2D eigenvalue weighted by molar-refractivity contribution is 0.0698. The van der Waals surface area contributed by atoms with Crippen LogP contribution in [0.2, 0.25) is 0 Å². The highest BCUT2D eigenvalue weighted by Crippen LogP contribution is 2.24. The number of carboxylic acid groups (broad SMARTS) is 1. The minimum absolute atomic E-state index is 0.219. The average Bonchev–Trinajstić information content (AvgIpc) is 3.00. The highest BCUT2D eigenvalue weighted by Gasteiger charge is 2.11. The molecule has 0 bridgehead atoms. The summed E-state index contributed by atoms with van der Waals surface area (Å²) < 4.78 is 0. The molecule has 0 aliphatic heterocycles. The van der Waals surface area contributed by atoms with Gasteiger partial charge in [-0.25, -0.2) is 14.8 Å². The van der Waals surface area contributed by atoms with Gasteiger partial charge in [-0.15, -0.1) is 11.3 Å². The molecule has 2 heterocycles. The molecule has 0 unspecified atom stereocenters. The fourth-order valence-corrected chi connectivity index (χ4v) is 2.79. The van der Waals surface area contributed by atoms with Gasteiger partial charge in [0.1, 0.15) is 5.82 Å². The number of thiazole rings is 1. The van der Waals surface area contributed by atoms with Crippen molar-refractivity contribution < 1.29 is 9.90 Å². The van der Waals surface area contributed by atoms with E-state index >= 15 is 0 Å². The number of nitrogens with zero attached hydrogens (tertiary/aromatic N) is 2. The first kappa shape index (κ1) is 13.5. The van der Waals surface area contributed by atoms with Crippen molar-refractivity contribution in [1.29, 1.82) is 0 Å². The van der Waals surface area contributed by atoms with Crippen LogP contribution in [0.25, 0.3) is 10.8 Å². The Morgan fingerprint density at radius 3 is 2.76 bits per heavy atom. The van der Waals surface area contributed by atoms with E-state index < -0.39 is 5.97 Å². The highest BCUT2D eigenvalue weighted by molar-refractivity contribution is 7.09. The maximum Gasteiger partial charge on any atom is 0.337 e. The van der Waals surface area contributed by atoms with Gasteiger partial charge in [0.15, 0.2) is 0 Å². The van der Waals surface area contributed by atoms with Gasteiger partial charge in [0.25, 0.3) is 0 Å². The van der Waals surface area contributed by atoms with Crippen LogP contribution in [0.3, 0.4) is 0 Å². The molecule has 0 saturated heterocycles. The normalized spacial score (nSPS) is 10.7. The zero-order chi connectivity index (χ0) is 14.7. The van der Waals surface area contributed by atoms with E-state index in [1.165, 1.54) is 6.20 Å². The topological polar surface area (TPSA) is 75.1 Å². The van der Waals surface area contributed by atoms with E-state index in [1.807, 2.05) is 23.6 Å². The number of aromatic nitrogens is 2. The lowest BCUT2D eigenvalue weighted by Gasteiger charge is -2.09. The molecule has 3 aromatic rings. The van der Waals surface area contributed by atoms with Crippen LogP contribution in [0.1, 0.15) is 15.4 Å². The van der Waals surface area contributed by atoms with Crippen LogP contribution in [0.4, 0.5) is 5.82 Å². The van der Waals surface area contributed by atoms with Crippen LogP contribution in [-0.2, 0) is 6.42 Å². The molecule has 0 spiro atoms. The number of benzene rings is 1. The standard InChI is InChI=1S/C15H13N3O2S/c19-15(20)12-9-18-14(11-4-2-1-3-10(11)12)17-6-5-13-16-7-8-21-13/h1-4,7-9H,5-6H2,(H,17,18)(H,19,20). The Morgan fingerprint density at radius 1 is 1.24 bits per heavy atom. The van der Waals surface area contributed by atoms with E-state index in [2.05, 4.69) is 15.3 Å². The minimum atomic E-state index is -0.965. The van der Waals surface area contributed by atoms with E-state index in [1.54, 1.807) is 23.6 Å². The van der Waals surface area contributed by atoms with Crippen LogP contribution in [0, 0.1) is 0 Å². The van der Waals surface area contributed by atoms with Crippen LogP contribution >= 0.6 is 11.3 Å². The summed E-state index contributed by atoms with van der Waals surface area (Å²) >= 11 is 1.62. The van der Waals surface area contributed by atoms with Gasteiger partial charge in [0.2, 0.25) is 0 Å². The van der Waals surface area contributed by atoms with Crippen molar-refractivity contribution in [3.8, 4) is 0 Å². The van der Waals surface area contributed by atoms with Crippen molar-refractivity contribution in [2.75, 3.05) is 11.9 Å². The summed E-state index contributed by atoms with van der Waals surface area (Å²) in [6, 6.07) is 7.38. The first-order valence-corrected chi connectivity index (χ1v) is 7.37. The molecule has 5 nitrogen and oxygen atoms in total. The number of fused-ring (bicyclic) bond motifs is 1. The lowest BCUT2D eigenvalue weighted by atomic mass is 10.1. The van der Waals surface area contributed by atoms with Crippen LogP contribution in [0.15, 0.2) is 42.0 Å². The van der Waals surface area contributed by atoms with Crippen LogP contribution in [-0.4, -0.2) is 27.6 Å². The molecule has 2 aromatic heterocycles. The number of anilines is 1. The fraction of sp³-hybridized carbons (Fsp3) is 0.133. The molecule has 0 saturated carbocycles. The summed E-state index contributed by atoms with van der Waals surface area (Å²) in [5, 5.41) is 17.0. The van der Waals surface area contributed by atoms with Crippen molar-refractivity contribution in [1.82, 2.24) is 9.97 Å². The molecule has 21 heavy (non-hydrogen) atoms. The van der Waals surface area contributed by atoms with Crippen molar-refractivity contribution >= 4 is 33.9 Å². The maximum absolute atomic E-state index is 11.2. The fourth-order valence-electron chi connectivity index (χ4n) is 2.17. The van der Waals surface area contributed by atoms with Gasteiger partial charge in [-0.3, -0.25) is 0 Å². The van der Waals surface area contributed by atoms with E-state index in [-0.39, 0.29) is 5.56 Å². The second kappa shape index (κ2) is 5.88. The van der Waals surface area contributed by atoms with Crippen molar-refractivity contribution in [2.45, 2.75) is 6.42 Å². The maximum atomic E-state index is 11.2. The Labute approximate surface area is 125 Å². The van der Waals surface area contributed by atoms with E-state index in [0.717, 1.165) is 16.8 Å². The van der Waals surface area contributed by atoms with Gasteiger partial charge >= 0.3 is 5.97 Å². The number of aromatic carboxylic acids is 1. The van der Waals surface area contributed by atoms with Gasteiger partial charge in [0.05, 0.1) is 10.6 Å². The van der Waals surface area contributed by atoms with Gasteiger partial charge in [0, 0.05) is 41.5 Å². The Morgan fingerprint density at radius 2 is 2.05 bits per heavy atom. The molecule has 6 heteroatoms. The van der Waals surface area contributed by atoms with E-state index in [4.69, 9.17) is 0 Å². The van der Waals surface area contributed by atoms with Crippen molar-refractivity contribution in [3.63, 3.8) is 0 Å². The Hall–Kier alpha value is -2.47. The Bertz CT molecular complexity index is 772. The molecule has 1 aromatic carbocycles. The third kappa shape index (κ3) is 2.85. The van der Waals surface area contributed by atoms with Crippen LogP contribution in [0.5, 0.6) is 0 Å². The number of carboxylic acids is 1. The molecule has 0 radical (unpaired) electrons. The van der Waals surface area contributed by atoms with Crippen molar-refractivity contribution in [2.24, 2.45) is 0 Å². The quantitative estimate of drug-likeness (QED) is 0.757. The monoisotopic (exact) mass is 299 g/mol. The third-order valence-corrected chi connectivity index (χ3v) is 3.98. The first-order chi connectivity index (χ1) is 10.3. The second-order valence-electron chi connectivity index (χ2n) is 4.47. The smallest absolute Gasteiger partial charge is 0.337 e. The number of rotatable bonds is 5. The summed E-state index contributed by atoms with van der Waals surface area (Å²) in [5.41, 5.74) is 0.219. The molecule has 0 amide bonds. The zero-order valence-corrected chi connectivity index (χ0v) is 11.9. The number of hydrogen-bond donors (Lipinski definition) is 2. The predicted molar refractivity (Wildman–Crippen MR) is 83.0 cm³/mol. The number of hydrogen-bond acceptors (Lipinski definition) is 5. The molecule has 0 fully saturated rings. The molecular formula is C15H13N3O2S. The van der Waals surface area contributed by atoms with E-state index in [9.17, 15) is 9.90 Å². The average molecular weight is 299 g/mol. The van der Waals surface area contributed by atoms with Gasteiger partial charge in [-0.1, -0.05) is 24.3 Å². The van der Waals surface area contributed by atoms with Crippen molar-refractivity contribution in [3.05, 3.63) is 52.6 Å². The molecule has 2 N–H and O–H groups in total. The summed E-state index contributed by atoms with van der Waals surface area (Å²) in [6.07, 6.45) is 4.00. The minimum Gasteiger partial charge on any atom is -0.478 e. The Kier molecular flexibility index (Phi) is 3.79.